The van der Waals surface area contributed by atoms with E-state index in [-0.39, 0.29) is 17.0 Å². The number of hydrogen-bond donors (Lipinski definition) is 1. The van der Waals surface area contributed by atoms with Gasteiger partial charge in [0.15, 0.2) is 6.61 Å². The summed E-state index contributed by atoms with van der Waals surface area (Å²) < 4.78 is 70.0. The number of nitrogens with zero attached hydrogens (tertiary/aromatic N) is 2. The molecule has 2 aromatic rings. The average Bonchev–Trinajstić information content (AvgIpc) is 2.69. The number of nitro groups is 1. The molecule has 0 heterocycles. The van der Waals surface area contributed by atoms with Crippen LogP contribution in [0.3, 0.4) is 0 Å². The van der Waals surface area contributed by atoms with Crippen molar-refractivity contribution < 1.29 is 36.0 Å². The molecule has 0 atom stereocenters. The molecule has 2 rings (SSSR count). The van der Waals surface area contributed by atoms with E-state index >= 15 is 0 Å². The summed E-state index contributed by atoms with van der Waals surface area (Å²) in [5, 5.41) is 13.1. The third kappa shape index (κ3) is 5.92. The highest BCUT2D eigenvalue weighted by atomic mass is 32.2. The van der Waals surface area contributed by atoms with Crippen LogP contribution < -0.4 is 10.1 Å². The Bertz CT molecular complexity index is 1090. The lowest BCUT2D eigenvalue weighted by Gasteiger charge is -2.16. The van der Waals surface area contributed by atoms with E-state index < -0.39 is 50.6 Å². The van der Waals surface area contributed by atoms with E-state index in [9.17, 15) is 36.5 Å². The fourth-order valence-corrected chi connectivity index (χ4v) is 3.58. The molecular formula is C18H18F3N3O6S. The maximum absolute atomic E-state index is 13.1. The fourth-order valence-electron chi connectivity index (χ4n) is 2.47. The van der Waals surface area contributed by atoms with E-state index in [1.165, 1.54) is 32.3 Å². The van der Waals surface area contributed by atoms with Gasteiger partial charge < -0.3 is 10.1 Å². The van der Waals surface area contributed by atoms with Gasteiger partial charge in [-0.05, 0) is 17.7 Å². The number of hydrogen-bond acceptors (Lipinski definition) is 6. The molecule has 168 valence electrons. The van der Waals surface area contributed by atoms with Crippen LogP contribution in [0.5, 0.6) is 5.75 Å². The highest BCUT2D eigenvalue weighted by Crippen LogP contribution is 2.38. The highest BCUT2D eigenvalue weighted by Gasteiger charge is 2.36. The summed E-state index contributed by atoms with van der Waals surface area (Å²) in [4.78, 5) is 21.7. The lowest BCUT2D eigenvalue weighted by Crippen LogP contribution is -2.30. The smallest absolute Gasteiger partial charge is 0.420 e. The van der Waals surface area contributed by atoms with Crippen molar-refractivity contribution in [3.8, 4) is 5.75 Å². The number of benzene rings is 2. The first-order valence-electron chi connectivity index (χ1n) is 8.59. The number of non-ortho nitro benzene ring substituents is 1. The van der Waals surface area contributed by atoms with E-state index in [1.807, 2.05) is 0 Å². The Morgan fingerprint density at radius 3 is 2.42 bits per heavy atom. The normalized spacial score (nSPS) is 11.9. The summed E-state index contributed by atoms with van der Waals surface area (Å²) in [5.41, 5.74) is -1.89. The van der Waals surface area contributed by atoms with Gasteiger partial charge in [0.1, 0.15) is 11.3 Å². The number of nitrogens with one attached hydrogen (secondary N) is 1. The minimum atomic E-state index is -4.93. The van der Waals surface area contributed by atoms with Gasteiger partial charge in [-0.2, -0.15) is 13.2 Å². The molecule has 0 aliphatic rings. The van der Waals surface area contributed by atoms with Crippen molar-refractivity contribution in [1.82, 2.24) is 9.62 Å². The minimum Gasteiger partial charge on any atom is -0.483 e. The van der Waals surface area contributed by atoms with Crippen LogP contribution in [0.1, 0.15) is 11.1 Å². The first-order chi connectivity index (χ1) is 14.3. The molecule has 0 saturated heterocycles. The van der Waals surface area contributed by atoms with E-state index in [0.29, 0.717) is 6.07 Å². The van der Waals surface area contributed by atoms with Gasteiger partial charge >= 0.3 is 6.18 Å². The molecule has 0 saturated carbocycles. The van der Waals surface area contributed by atoms with Gasteiger partial charge in [0.05, 0.1) is 9.82 Å². The number of sulfonamides is 1. The molecular weight excluding hydrogens is 443 g/mol. The zero-order valence-corrected chi connectivity index (χ0v) is 17.2. The molecule has 31 heavy (non-hydrogen) atoms. The first-order valence-corrected chi connectivity index (χ1v) is 10.0. The van der Waals surface area contributed by atoms with Crippen LogP contribution in [0.4, 0.5) is 18.9 Å². The van der Waals surface area contributed by atoms with Crippen LogP contribution in [0, 0.1) is 10.1 Å². The number of alkyl halides is 3. The Labute approximate surface area is 175 Å². The van der Waals surface area contributed by atoms with Gasteiger partial charge in [0.25, 0.3) is 11.6 Å². The number of carbonyl (C=O) groups is 1. The third-order valence-corrected chi connectivity index (χ3v) is 5.96. The van der Waals surface area contributed by atoms with Crippen LogP contribution in [-0.2, 0) is 27.5 Å². The van der Waals surface area contributed by atoms with E-state index in [2.05, 4.69) is 5.32 Å². The summed E-state index contributed by atoms with van der Waals surface area (Å²) in [6.45, 7) is -1.03. The molecule has 0 radical (unpaired) electrons. The van der Waals surface area contributed by atoms with Crippen molar-refractivity contribution in [3.05, 3.63) is 63.7 Å². The van der Waals surface area contributed by atoms with Crippen molar-refractivity contribution >= 4 is 21.6 Å². The van der Waals surface area contributed by atoms with E-state index in [4.69, 9.17) is 4.74 Å². The largest absolute Gasteiger partial charge is 0.483 e. The van der Waals surface area contributed by atoms with Gasteiger partial charge in [-0.25, -0.2) is 12.7 Å². The topological polar surface area (TPSA) is 119 Å². The number of amides is 1. The van der Waals surface area contributed by atoms with Gasteiger partial charge in [0, 0.05) is 32.8 Å². The van der Waals surface area contributed by atoms with Crippen molar-refractivity contribution in [1.29, 1.82) is 0 Å². The molecule has 0 fully saturated rings. The van der Waals surface area contributed by atoms with Crippen molar-refractivity contribution in [3.63, 3.8) is 0 Å². The minimum absolute atomic E-state index is 0.0315. The number of halogens is 3. The molecule has 2 aromatic carbocycles. The Kier molecular flexibility index (Phi) is 7.23. The second-order valence-corrected chi connectivity index (χ2v) is 8.52. The quantitative estimate of drug-likeness (QED) is 0.477. The van der Waals surface area contributed by atoms with Crippen LogP contribution in [0.2, 0.25) is 0 Å². The molecule has 0 spiro atoms. The number of carbonyl (C=O) groups excluding carboxylic acids is 1. The van der Waals surface area contributed by atoms with Crippen LogP contribution in [-0.4, -0.2) is 44.3 Å². The zero-order chi connectivity index (χ0) is 23.4. The van der Waals surface area contributed by atoms with Crippen molar-refractivity contribution in [2.75, 3.05) is 20.7 Å². The molecule has 1 amide bonds. The second kappa shape index (κ2) is 9.31. The summed E-state index contributed by atoms with van der Waals surface area (Å²) in [6.07, 6.45) is -4.93. The van der Waals surface area contributed by atoms with Crippen LogP contribution >= 0.6 is 0 Å². The van der Waals surface area contributed by atoms with Crippen molar-refractivity contribution in [2.24, 2.45) is 0 Å². The summed E-state index contributed by atoms with van der Waals surface area (Å²) >= 11 is 0. The van der Waals surface area contributed by atoms with Gasteiger partial charge in [0.2, 0.25) is 10.0 Å². The lowest BCUT2D eigenvalue weighted by molar-refractivity contribution is -0.385. The molecule has 0 aromatic heterocycles. The predicted molar refractivity (Wildman–Crippen MR) is 103 cm³/mol. The Morgan fingerprint density at radius 2 is 1.84 bits per heavy atom. The van der Waals surface area contributed by atoms with Gasteiger partial charge in [-0.15, -0.1) is 0 Å². The third-order valence-electron chi connectivity index (χ3n) is 4.05. The van der Waals surface area contributed by atoms with Crippen LogP contribution in [0.15, 0.2) is 47.4 Å². The predicted octanol–water partition coefficient (Wildman–Crippen LogP) is 2.56. The SMILES string of the molecule is CN(C)S(=O)(=O)c1ccccc1CNC(=O)COc1ccc([N+](=O)[O-])cc1C(F)(F)F. The highest BCUT2D eigenvalue weighted by molar-refractivity contribution is 7.89. The lowest BCUT2D eigenvalue weighted by atomic mass is 10.1. The molecule has 1 N–H and O–H groups in total. The fraction of sp³-hybridized carbons (Fsp3) is 0.278. The molecule has 9 nitrogen and oxygen atoms in total. The molecule has 0 aliphatic carbocycles. The van der Waals surface area contributed by atoms with E-state index in [1.54, 1.807) is 6.07 Å². The number of ether oxygens (including phenoxy) is 1. The monoisotopic (exact) mass is 461 g/mol. The first kappa shape index (κ1) is 24.1. The number of nitro benzene ring substituents is 1. The number of rotatable bonds is 8. The Balaban J connectivity index is 2.11. The Morgan fingerprint density at radius 1 is 1.19 bits per heavy atom. The maximum atomic E-state index is 13.1. The Hall–Kier alpha value is -3.19. The second-order valence-electron chi connectivity index (χ2n) is 6.40. The summed E-state index contributed by atoms with van der Waals surface area (Å²) in [5.74, 6) is -1.56. The molecule has 0 aliphatic heterocycles. The zero-order valence-electron chi connectivity index (χ0n) is 16.3. The van der Waals surface area contributed by atoms with E-state index in [0.717, 1.165) is 16.4 Å². The molecule has 13 heteroatoms. The summed E-state index contributed by atoms with van der Waals surface area (Å²) in [7, 11) is -1.08. The van der Waals surface area contributed by atoms with Gasteiger partial charge in [-0.3, -0.25) is 14.9 Å². The van der Waals surface area contributed by atoms with Gasteiger partial charge in [-0.1, -0.05) is 18.2 Å². The standard InChI is InChI=1S/C18H18F3N3O6S/c1-23(2)31(28,29)16-6-4-3-5-12(16)10-22-17(25)11-30-15-8-7-13(24(26)27)9-14(15)18(19,20)21/h3-9H,10-11H2,1-2H3,(H,22,25). The average molecular weight is 461 g/mol. The molecule has 0 bridgehead atoms. The maximum Gasteiger partial charge on any atom is 0.420 e. The van der Waals surface area contributed by atoms with Crippen LogP contribution in [0.25, 0.3) is 0 Å². The summed E-state index contributed by atoms with van der Waals surface area (Å²) in [6, 6.07) is 7.82. The molecule has 0 unspecified atom stereocenters. The van der Waals surface area contributed by atoms with Crippen molar-refractivity contribution in [2.45, 2.75) is 17.6 Å².